The molecule has 1 aliphatic rings. The molecule has 0 atom stereocenters. The molecule has 0 bridgehead atoms. The van der Waals surface area contributed by atoms with E-state index < -0.39 is 12.0 Å². The van der Waals surface area contributed by atoms with Crippen LogP contribution in [0.3, 0.4) is 0 Å². The Morgan fingerprint density at radius 1 is 1.70 bits per heavy atom. The summed E-state index contributed by atoms with van der Waals surface area (Å²) in [4.78, 5) is 10.0. The van der Waals surface area contributed by atoms with Gasteiger partial charge in [-0.25, -0.2) is 0 Å². The smallest absolute Gasteiger partial charge is 0.261 e. The van der Waals surface area contributed by atoms with Gasteiger partial charge in [-0.1, -0.05) is 0 Å². The highest BCUT2D eigenvalue weighted by atomic mass is 19.1. The van der Waals surface area contributed by atoms with E-state index in [0.717, 1.165) is 0 Å². The minimum Gasteiger partial charge on any atom is -0.261 e. The molecule has 2 nitrogen and oxygen atoms in total. The van der Waals surface area contributed by atoms with E-state index in [9.17, 15) is 9.18 Å². The summed E-state index contributed by atoms with van der Waals surface area (Å²) in [6.45, 7) is 0. The topological polar surface area (TPSA) is 40.9 Å². The molecule has 1 aliphatic carbocycles. The standard InChI is InChI=1S/C7H8FNO/c8-7(10)6-3-5(4-6)1-2-9/h5-6H,1,3-4H2. The monoisotopic (exact) mass is 141 g/mol. The highest BCUT2D eigenvalue weighted by Crippen LogP contribution is 2.36. The molecule has 0 radical (unpaired) electrons. The summed E-state index contributed by atoms with van der Waals surface area (Å²) in [5.41, 5.74) is 0. The van der Waals surface area contributed by atoms with Crippen molar-refractivity contribution in [1.82, 2.24) is 0 Å². The summed E-state index contributed by atoms with van der Waals surface area (Å²) in [6, 6.07) is 0.782. The van der Waals surface area contributed by atoms with Gasteiger partial charge in [0, 0.05) is 6.42 Å². The Morgan fingerprint density at radius 3 is 2.70 bits per heavy atom. The Balaban J connectivity index is 2.19. The molecule has 0 spiro atoms. The maximum absolute atomic E-state index is 11.8. The second kappa shape index (κ2) is 2.78. The van der Waals surface area contributed by atoms with Crippen molar-refractivity contribution in [2.45, 2.75) is 19.3 Å². The first-order valence-corrected chi connectivity index (χ1v) is 3.30. The van der Waals surface area contributed by atoms with Crippen LogP contribution in [0.15, 0.2) is 0 Å². The molecule has 10 heavy (non-hydrogen) atoms. The van der Waals surface area contributed by atoms with Crippen LogP contribution in [-0.4, -0.2) is 6.04 Å². The number of hydrogen-bond acceptors (Lipinski definition) is 2. The van der Waals surface area contributed by atoms with Crippen LogP contribution in [0.5, 0.6) is 0 Å². The third-order valence-electron chi connectivity index (χ3n) is 1.94. The molecule has 1 fully saturated rings. The number of rotatable bonds is 2. The molecule has 0 heterocycles. The molecule has 0 N–H and O–H groups in total. The molecule has 1 saturated carbocycles. The SMILES string of the molecule is N#CCC1CC(C(=O)F)C1. The van der Waals surface area contributed by atoms with Gasteiger partial charge < -0.3 is 0 Å². The van der Waals surface area contributed by atoms with Crippen LogP contribution in [0, 0.1) is 23.2 Å². The highest BCUT2D eigenvalue weighted by Gasteiger charge is 2.34. The first-order chi connectivity index (χ1) is 4.74. The van der Waals surface area contributed by atoms with Gasteiger partial charge in [-0.15, -0.1) is 0 Å². The van der Waals surface area contributed by atoms with E-state index in [-0.39, 0.29) is 5.92 Å². The van der Waals surface area contributed by atoms with Gasteiger partial charge in [-0.05, 0) is 18.8 Å². The first-order valence-electron chi connectivity index (χ1n) is 3.30. The summed E-state index contributed by atoms with van der Waals surface area (Å²) in [5, 5.41) is 8.20. The van der Waals surface area contributed by atoms with Gasteiger partial charge in [0.05, 0.1) is 12.0 Å². The minimum absolute atomic E-state index is 0.273. The quantitative estimate of drug-likeness (QED) is 0.545. The third-order valence-corrected chi connectivity index (χ3v) is 1.94. The lowest BCUT2D eigenvalue weighted by molar-refractivity contribution is -0.137. The molecule has 54 valence electrons. The van der Waals surface area contributed by atoms with Crippen LogP contribution in [0.2, 0.25) is 0 Å². The second-order valence-electron chi connectivity index (χ2n) is 2.70. The van der Waals surface area contributed by atoms with Crippen molar-refractivity contribution < 1.29 is 9.18 Å². The van der Waals surface area contributed by atoms with Gasteiger partial charge >= 0.3 is 6.04 Å². The van der Waals surface area contributed by atoms with Crippen LogP contribution < -0.4 is 0 Å². The predicted molar refractivity (Wildman–Crippen MR) is 32.6 cm³/mol. The van der Waals surface area contributed by atoms with E-state index in [0.29, 0.717) is 19.3 Å². The Labute approximate surface area is 58.6 Å². The lowest BCUT2D eigenvalue weighted by atomic mass is 9.74. The normalized spacial score (nSPS) is 30.4. The molecule has 0 aromatic heterocycles. The third kappa shape index (κ3) is 1.32. The number of halogens is 1. The first kappa shape index (κ1) is 7.20. The average molecular weight is 141 g/mol. The van der Waals surface area contributed by atoms with Gasteiger partial charge in [0.15, 0.2) is 0 Å². The second-order valence-corrected chi connectivity index (χ2v) is 2.70. The summed E-state index contributed by atoms with van der Waals surface area (Å²) in [6.07, 6.45) is 1.61. The molecular weight excluding hydrogens is 133 g/mol. The lowest BCUT2D eigenvalue weighted by Crippen LogP contribution is -2.27. The minimum atomic E-state index is -1.21. The zero-order chi connectivity index (χ0) is 7.56. The van der Waals surface area contributed by atoms with Crippen LogP contribution in [0.25, 0.3) is 0 Å². The van der Waals surface area contributed by atoms with Crippen molar-refractivity contribution in [3.8, 4) is 6.07 Å². The van der Waals surface area contributed by atoms with Gasteiger partial charge in [0.25, 0.3) is 0 Å². The van der Waals surface area contributed by atoms with Crippen LogP contribution in [0.4, 0.5) is 4.39 Å². The van der Waals surface area contributed by atoms with Crippen molar-refractivity contribution in [3.63, 3.8) is 0 Å². The van der Waals surface area contributed by atoms with Crippen molar-refractivity contribution in [2.75, 3.05) is 0 Å². The average Bonchev–Trinajstić information content (AvgIpc) is 1.76. The Morgan fingerprint density at radius 2 is 2.30 bits per heavy atom. The van der Waals surface area contributed by atoms with Crippen molar-refractivity contribution in [3.05, 3.63) is 0 Å². The Kier molecular flexibility index (Phi) is 2.00. The summed E-state index contributed by atoms with van der Waals surface area (Å²) in [5.74, 6) is -0.118. The molecule has 1 rings (SSSR count). The molecular formula is C7H8FNO. The fourth-order valence-electron chi connectivity index (χ4n) is 1.22. The summed E-state index contributed by atoms with van der Waals surface area (Å²) >= 11 is 0. The fraction of sp³-hybridized carbons (Fsp3) is 0.714. The van der Waals surface area contributed by atoms with Crippen LogP contribution >= 0.6 is 0 Å². The molecule has 0 aromatic carbocycles. The zero-order valence-corrected chi connectivity index (χ0v) is 5.51. The Bertz CT molecular complexity index is 179. The number of nitrogens with zero attached hydrogens (tertiary/aromatic N) is 1. The molecule has 3 heteroatoms. The fourth-order valence-corrected chi connectivity index (χ4v) is 1.22. The predicted octanol–water partition coefficient (Wildman–Crippen LogP) is 1.42. The maximum Gasteiger partial charge on any atom is 0.304 e. The van der Waals surface area contributed by atoms with E-state index in [2.05, 4.69) is 0 Å². The number of hydrogen-bond donors (Lipinski definition) is 0. The molecule has 0 aromatic rings. The molecule has 0 saturated heterocycles. The zero-order valence-electron chi connectivity index (χ0n) is 5.51. The summed E-state index contributed by atoms with van der Waals surface area (Å²) in [7, 11) is 0. The van der Waals surface area contributed by atoms with E-state index in [1.807, 2.05) is 6.07 Å². The van der Waals surface area contributed by atoms with Crippen molar-refractivity contribution >= 4 is 6.04 Å². The van der Waals surface area contributed by atoms with Crippen molar-refractivity contribution in [1.29, 1.82) is 5.26 Å². The lowest BCUT2D eigenvalue weighted by Gasteiger charge is -2.29. The Hall–Kier alpha value is -0.910. The number of carbonyl (C=O) groups excluding carboxylic acids is 1. The molecule has 0 unspecified atom stereocenters. The maximum atomic E-state index is 11.8. The van der Waals surface area contributed by atoms with Gasteiger partial charge in [0.1, 0.15) is 0 Å². The van der Waals surface area contributed by atoms with E-state index in [1.165, 1.54) is 0 Å². The van der Waals surface area contributed by atoms with E-state index in [4.69, 9.17) is 5.26 Å². The van der Waals surface area contributed by atoms with E-state index >= 15 is 0 Å². The van der Waals surface area contributed by atoms with Crippen molar-refractivity contribution in [2.24, 2.45) is 11.8 Å². The van der Waals surface area contributed by atoms with Gasteiger partial charge in [0.2, 0.25) is 0 Å². The largest absolute Gasteiger partial charge is 0.304 e. The number of carbonyl (C=O) groups is 1. The van der Waals surface area contributed by atoms with E-state index in [1.54, 1.807) is 0 Å². The van der Waals surface area contributed by atoms with Crippen LogP contribution in [-0.2, 0) is 4.79 Å². The molecule has 0 aliphatic heterocycles. The van der Waals surface area contributed by atoms with Gasteiger partial charge in [-0.2, -0.15) is 9.65 Å². The summed E-state index contributed by atoms with van der Waals surface area (Å²) < 4.78 is 11.8. The van der Waals surface area contributed by atoms with Gasteiger partial charge in [-0.3, -0.25) is 4.79 Å². The highest BCUT2D eigenvalue weighted by molar-refractivity contribution is 5.72. The number of nitriles is 1. The van der Waals surface area contributed by atoms with Crippen LogP contribution in [0.1, 0.15) is 19.3 Å². The molecule has 0 amide bonds.